The van der Waals surface area contributed by atoms with Crippen molar-refractivity contribution in [3.8, 4) is 5.75 Å². The van der Waals surface area contributed by atoms with E-state index in [1.165, 1.54) is 0 Å². The molecule has 2 amide bonds. The zero-order chi connectivity index (χ0) is 15.0. The minimum absolute atomic E-state index is 0.0917. The number of carbonyl (C=O) groups excluding carboxylic acids is 1. The van der Waals surface area contributed by atoms with Crippen molar-refractivity contribution in [2.24, 2.45) is 5.92 Å². The lowest BCUT2D eigenvalue weighted by Gasteiger charge is -2.14. The quantitative estimate of drug-likeness (QED) is 0.715. The average Bonchev–Trinajstić information content (AvgIpc) is 2.41. The topological polar surface area (TPSA) is 87.7 Å². The molecule has 0 aromatic heterocycles. The fraction of sp³-hybridized carbons (Fsp3) is 0.429. The molecular weight excluding hydrogens is 260 g/mol. The Morgan fingerprint density at radius 3 is 2.60 bits per heavy atom. The Hall–Kier alpha value is -2.24. The summed E-state index contributed by atoms with van der Waals surface area (Å²) >= 11 is 0. The second-order valence-electron chi connectivity index (χ2n) is 4.21. The van der Waals surface area contributed by atoms with Crippen LogP contribution in [0.15, 0.2) is 24.3 Å². The highest BCUT2D eigenvalue weighted by molar-refractivity contribution is 5.91. The van der Waals surface area contributed by atoms with Crippen LogP contribution in [-0.4, -0.2) is 30.3 Å². The maximum atomic E-state index is 11.7. The highest BCUT2D eigenvalue weighted by atomic mass is 16.5. The normalized spacial score (nSPS) is 11.5. The molecule has 0 aliphatic carbocycles. The number of carboxylic acid groups (broad SMARTS) is 1. The number of carboxylic acids is 1. The van der Waals surface area contributed by atoms with Crippen LogP contribution >= 0.6 is 0 Å². The van der Waals surface area contributed by atoms with E-state index in [1.807, 2.05) is 13.0 Å². The number of hydrogen-bond acceptors (Lipinski definition) is 3. The van der Waals surface area contributed by atoms with E-state index < -0.39 is 17.9 Å². The number of anilines is 1. The summed E-state index contributed by atoms with van der Waals surface area (Å²) < 4.78 is 5.39. The van der Waals surface area contributed by atoms with Crippen LogP contribution in [0.25, 0.3) is 0 Å². The molecule has 0 saturated heterocycles. The van der Waals surface area contributed by atoms with Crippen molar-refractivity contribution >= 4 is 17.7 Å². The Labute approximate surface area is 118 Å². The fourth-order valence-corrected chi connectivity index (χ4v) is 1.64. The zero-order valence-corrected chi connectivity index (χ0v) is 11.7. The lowest BCUT2D eigenvalue weighted by atomic mass is 10.1. The summed E-state index contributed by atoms with van der Waals surface area (Å²) in [5, 5.41) is 14.1. The molecule has 6 nitrogen and oxygen atoms in total. The minimum atomic E-state index is -0.914. The molecule has 1 unspecified atom stereocenters. The number of urea groups is 1. The third kappa shape index (κ3) is 4.79. The van der Waals surface area contributed by atoms with Gasteiger partial charge in [-0.25, -0.2) is 4.79 Å². The lowest BCUT2D eigenvalue weighted by molar-refractivity contribution is -0.141. The summed E-state index contributed by atoms with van der Waals surface area (Å²) in [7, 11) is 0. The molecule has 110 valence electrons. The molecule has 1 rings (SSSR count). The van der Waals surface area contributed by atoms with Crippen molar-refractivity contribution in [1.82, 2.24) is 5.32 Å². The number of nitrogens with one attached hydrogen (secondary N) is 2. The van der Waals surface area contributed by atoms with E-state index >= 15 is 0 Å². The predicted molar refractivity (Wildman–Crippen MR) is 76.0 cm³/mol. The first-order valence-corrected chi connectivity index (χ1v) is 6.57. The highest BCUT2D eigenvalue weighted by Crippen LogP contribution is 2.23. The van der Waals surface area contributed by atoms with Crippen LogP contribution in [-0.2, 0) is 4.79 Å². The summed E-state index contributed by atoms with van der Waals surface area (Å²) in [6.45, 7) is 4.21. The van der Waals surface area contributed by atoms with Gasteiger partial charge in [-0.15, -0.1) is 0 Å². The van der Waals surface area contributed by atoms with Gasteiger partial charge in [-0.3, -0.25) is 4.79 Å². The number of rotatable bonds is 7. The van der Waals surface area contributed by atoms with E-state index in [2.05, 4.69) is 10.6 Å². The van der Waals surface area contributed by atoms with Crippen LogP contribution in [0.2, 0.25) is 0 Å². The molecule has 0 heterocycles. The maximum Gasteiger partial charge on any atom is 0.319 e. The number of carbonyl (C=O) groups is 2. The number of aliphatic carboxylic acids is 1. The minimum Gasteiger partial charge on any atom is -0.492 e. The molecule has 0 aliphatic heterocycles. The van der Waals surface area contributed by atoms with Crippen LogP contribution in [0.1, 0.15) is 20.3 Å². The van der Waals surface area contributed by atoms with Gasteiger partial charge in [0.05, 0.1) is 18.2 Å². The molecule has 20 heavy (non-hydrogen) atoms. The second-order valence-corrected chi connectivity index (χ2v) is 4.21. The molecule has 3 N–H and O–H groups in total. The van der Waals surface area contributed by atoms with Gasteiger partial charge in [0.15, 0.2) is 0 Å². The van der Waals surface area contributed by atoms with E-state index in [-0.39, 0.29) is 6.54 Å². The van der Waals surface area contributed by atoms with E-state index in [1.54, 1.807) is 25.1 Å². The van der Waals surface area contributed by atoms with Crippen LogP contribution in [0.4, 0.5) is 10.5 Å². The third-order valence-electron chi connectivity index (χ3n) is 2.79. The number of benzene rings is 1. The first-order chi connectivity index (χ1) is 9.58. The summed E-state index contributed by atoms with van der Waals surface area (Å²) in [5.41, 5.74) is 0.551. The third-order valence-corrected chi connectivity index (χ3v) is 2.79. The predicted octanol–water partition coefficient (Wildman–Crippen LogP) is 2.32. The molecular formula is C14H20N2O4. The Morgan fingerprint density at radius 1 is 1.30 bits per heavy atom. The Morgan fingerprint density at radius 2 is 2.00 bits per heavy atom. The van der Waals surface area contributed by atoms with Crippen molar-refractivity contribution < 1.29 is 19.4 Å². The van der Waals surface area contributed by atoms with Gasteiger partial charge < -0.3 is 20.5 Å². The van der Waals surface area contributed by atoms with E-state index in [9.17, 15) is 9.59 Å². The van der Waals surface area contributed by atoms with Crippen molar-refractivity contribution in [3.05, 3.63) is 24.3 Å². The van der Waals surface area contributed by atoms with Gasteiger partial charge in [-0.1, -0.05) is 19.1 Å². The molecule has 0 saturated carbocycles. The molecule has 0 aliphatic rings. The lowest BCUT2D eigenvalue weighted by Crippen LogP contribution is -2.35. The van der Waals surface area contributed by atoms with Gasteiger partial charge in [0.1, 0.15) is 5.75 Å². The van der Waals surface area contributed by atoms with Crippen molar-refractivity contribution in [2.75, 3.05) is 18.5 Å². The van der Waals surface area contributed by atoms with Crippen molar-refractivity contribution in [1.29, 1.82) is 0 Å². The Kier molecular flexibility index (Phi) is 6.36. The van der Waals surface area contributed by atoms with Gasteiger partial charge >= 0.3 is 12.0 Å². The van der Waals surface area contributed by atoms with Gasteiger partial charge in [-0.2, -0.15) is 0 Å². The van der Waals surface area contributed by atoms with Gasteiger partial charge in [0, 0.05) is 6.54 Å². The first-order valence-electron chi connectivity index (χ1n) is 6.57. The molecule has 0 radical (unpaired) electrons. The highest BCUT2D eigenvalue weighted by Gasteiger charge is 2.16. The molecule has 0 fully saturated rings. The smallest absolute Gasteiger partial charge is 0.319 e. The standard InChI is InChI=1S/C14H20N2O4/c1-3-10(13(17)18)9-15-14(19)16-11-7-5-6-8-12(11)20-4-2/h5-8,10H,3-4,9H2,1-2H3,(H,17,18)(H2,15,16,19). The number of para-hydroxylation sites is 2. The largest absolute Gasteiger partial charge is 0.492 e. The number of hydrogen-bond donors (Lipinski definition) is 3. The molecule has 1 aromatic rings. The average molecular weight is 280 g/mol. The molecule has 1 aromatic carbocycles. The van der Waals surface area contributed by atoms with Gasteiger partial charge in [0.2, 0.25) is 0 Å². The van der Waals surface area contributed by atoms with Gasteiger partial charge in [0.25, 0.3) is 0 Å². The fourth-order valence-electron chi connectivity index (χ4n) is 1.64. The van der Waals surface area contributed by atoms with Crippen LogP contribution < -0.4 is 15.4 Å². The maximum absolute atomic E-state index is 11.7. The zero-order valence-electron chi connectivity index (χ0n) is 11.7. The second kappa shape index (κ2) is 8.04. The van der Waals surface area contributed by atoms with Crippen molar-refractivity contribution in [2.45, 2.75) is 20.3 Å². The van der Waals surface area contributed by atoms with Crippen LogP contribution in [0, 0.1) is 5.92 Å². The van der Waals surface area contributed by atoms with Gasteiger partial charge in [-0.05, 0) is 25.5 Å². The van der Waals surface area contributed by atoms with E-state index in [4.69, 9.17) is 9.84 Å². The summed E-state index contributed by atoms with van der Waals surface area (Å²) in [6.07, 6.45) is 0.463. The van der Waals surface area contributed by atoms with E-state index in [0.717, 1.165) is 0 Å². The monoisotopic (exact) mass is 280 g/mol. The molecule has 6 heteroatoms. The number of ether oxygens (including phenoxy) is 1. The SMILES string of the molecule is CCOc1ccccc1NC(=O)NCC(CC)C(=O)O. The number of amides is 2. The van der Waals surface area contributed by atoms with Crippen LogP contribution in [0.3, 0.4) is 0 Å². The molecule has 0 bridgehead atoms. The van der Waals surface area contributed by atoms with Crippen molar-refractivity contribution in [3.63, 3.8) is 0 Å². The molecule has 0 spiro atoms. The summed E-state index contributed by atoms with van der Waals surface area (Å²) in [6, 6.07) is 6.62. The summed E-state index contributed by atoms with van der Waals surface area (Å²) in [5.74, 6) is -0.916. The summed E-state index contributed by atoms with van der Waals surface area (Å²) in [4.78, 5) is 22.6. The Balaban J connectivity index is 2.56. The Bertz CT molecular complexity index is 462. The van der Waals surface area contributed by atoms with E-state index in [0.29, 0.717) is 24.5 Å². The first kappa shape index (κ1) is 15.8. The molecule has 1 atom stereocenters. The van der Waals surface area contributed by atoms with Crippen LogP contribution in [0.5, 0.6) is 5.75 Å².